The van der Waals surface area contributed by atoms with Gasteiger partial charge in [-0.3, -0.25) is 9.69 Å². The van der Waals surface area contributed by atoms with E-state index in [0.29, 0.717) is 18.8 Å². The fourth-order valence-corrected chi connectivity index (χ4v) is 5.10. The number of carbonyl (C=O) groups is 1. The van der Waals surface area contributed by atoms with Gasteiger partial charge in [0, 0.05) is 29.1 Å². The SMILES string of the molecule is COc1ccc([C@H](c2c(NC(=O)c3ccccc3)sc(C)c2C)N2CCOCC2)cc1. The van der Waals surface area contributed by atoms with E-state index in [2.05, 4.69) is 36.2 Å². The number of morpholine rings is 1. The zero-order chi connectivity index (χ0) is 21.8. The summed E-state index contributed by atoms with van der Waals surface area (Å²) in [7, 11) is 1.68. The number of rotatable bonds is 6. The number of thiophene rings is 1. The van der Waals surface area contributed by atoms with Gasteiger partial charge in [-0.05, 0) is 49.2 Å². The first kappa shape index (κ1) is 21.6. The quantitative estimate of drug-likeness (QED) is 0.588. The van der Waals surface area contributed by atoms with Crippen LogP contribution in [0.5, 0.6) is 5.75 Å². The molecule has 1 fully saturated rings. The number of aryl methyl sites for hydroxylation is 1. The monoisotopic (exact) mass is 436 g/mol. The molecular weight excluding hydrogens is 408 g/mol. The van der Waals surface area contributed by atoms with Crippen LogP contribution in [-0.2, 0) is 4.74 Å². The van der Waals surface area contributed by atoms with Crippen LogP contribution in [0.3, 0.4) is 0 Å². The van der Waals surface area contributed by atoms with Crippen molar-refractivity contribution in [2.45, 2.75) is 19.9 Å². The number of anilines is 1. The third kappa shape index (κ3) is 4.66. The number of nitrogens with zero attached hydrogens (tertiary/aromatic N) is 1. The molecule has 5 nitrogen and oxygen atoms in total. The van der Waals surface area contributed by atoms with Crippen LogP contribution in [0.1, 0.15) is 38.0 Å². The van der Waals surface area contributed by atoms with Gasteiger partial charge in [0.05, 0.1) is 26.4 Å². The average molecular weight is 437 g/mol. The lowest BCUT2D eigenvalue weighted by Crippen LogP contribution is -2.39. The van der Waals surface area contributed by atoms with Crippen LogP contribution >= 0.6 is 11.3 Å². The van der Waals surface area contributed by atoms with Crippen molar-refractivity contribution in [2.24, 2.45) is 0 Å². The van der Waals surface area contributed by atoms with E-state index in [0.717, 1.165) is 23.8 Å². The number of benzene rings is 2. The molecule has 1 atom stereocenters. The van der Waals surface area contributed by atoms with Crippen molar-refractivity contribution in [1.82, 2.24) is 4.90 Å². The summed E-state index contributed by atoms with van der Waals surface area (Å²) in [5.41, 5.74) is 4.22. The Kier molecular flexibility index (Phi) is 6.70. The first-order valence-electron chi connectivity index (χ1n) is 10.5. The highest BCUT2D eigenvalue weighted by Crippen LogP contribution is 2.42. The number of amides is 1. The summed E-state index contributed by atoms with van der Waals surface area (Å²) >= 11 is 1.64. The zero-order valence-corrected chi connectivity index (χ0v) is 19.0. The molecule has 4 rings (SSSR count). The molecule has 1 amide bonds. The van der Waals surface area contributed by atoms with Crippen molar-refractivity contribution in [3.8, 4) is 5.75 Å². The molecule has 31 heavy (non-hydrogen) atoms. The number of hydrogen-bond acceptors (Lipinski definition) is 5. The first-order chi connectivity index (χ1) is 15.1. The molecule has 0 unspecified atom stereocenters. The van der Waals surface area contributed by atoms with Crippen LogP contribution < -0.4 is 10.1 Å². The molecule has 2 heterocycles. The lowest BCUT2D eigenvalue weighted by molar-refractivity contribution is 0.0240. The Morgan fingerprint density at radius 3 is 2.39 bits per heavy atom. The molecule has 0 saturated carbocycles. The van der Waals surface area contributed by atoms with Crippen LogP contribution in [0, 0.1) is 13.8 Å². The Balaban J connectivity index is 1.75. The van der Waals surface area contributed by atoms with Gasteiger partial charge < -0.3 is 14.8 Å². The van der Waals surface area contributed by atoms with Gasteiger partial charge in [-0.25, -0.2) is 0 Å². The highest BCUT2D eigenvalue weighted by Gasteiger charge is 2.30. The van der Waals surface area contributed by atoms with E-state index >= 15 is 0 Å². The van der Waals surface area contributed by atoms with E-state index in [1.165, 1.54) is 21.6 Å². The van der Waals surface area contributed by atoms with Crippen LogP contribution in [0.4, 0.5) is 5.00 Å². The van der Waals surface area contributed by atoms with Gasteiger partial charge >= 0.3 is 0 Å². The van der Waals surface area contributed by atoms with Crippen LogP contribution in [-0.4, -0.2) is 44.2 Å². The minimum Gasteiger partial charge on any atom is -0.497 e. The molecule has 1 aromatic heterocycles. The van der Waals surface area contributed by atoms with Crippen molar-refractivity contribution in [3.05, 3.63) is 81.7 Å². The van der Waals surface area contributed by atoms with Gasteiger partial charge in [-0.1, -0.05) is 30.3 Å². The molecule has 0 aliphatic carbocycles. The van der Waals surface area contributed by atoms with E-state index in [1.54, 1.807) is 18.4 Å². The molecular formula is C25H28N2O3S. The molecule has 3 aromatic rings. The normalized spacial score (nSPS) is 15.5. The Morgan fingerprint density at radius 1 is 1.06 bits per heavy atom. The Labute approximate surface area is 187 Å². The Hall–Kier alpha value is -2.67. The minimum absolute atomic E-state index is 0.0332. The molecule has 6 heteroatoms. The number of hydrogen-bond donors (Lipinski definition) is 1. The summed E-state index contributed by atoms with van der Waals surface area (Å²) < 4.78 is 11.0. The maximum Gasteiger partial charge on any atom is 0.256 e. The van der Waals surface area contributed by atoms with Crippen molar-refractivity contribution >= 4 is 22.2 Å². The predicted octanol–water partition coefficient (Wildman–Crippen LogP) is 5.05. The number of ether oxygens (including phenoxy) is 2. The van der Waals surface area contributed by atoms with E-state index in [-0.39, 0.29) is 11.9 Å². The fraction of sp³-hybridized carbons (Fsp3) is 0.320. The van der Waals surface area contributed by atoms with Crippen molar-refractivity contribution in [2.75, 3.05) is 38.7 Å². The van der Waals surface area contributed by atoms with Crippen molar-refractivity contribution < 1.29 is 14.3 Å². The third-order valence-electron chi connectivity index (χ3n) is 5.81. The third-order valence-corrected chi connectivity index (χ3v) is 6.95. The molecule has 1 aliphatic heterocycles. The van der Waals surface area contributed by atoms with Gasteiger partial charge in [0.15, 0.2) is 0 Å². The second kappa shape index (κ2) is 9.64. The van der Waals surface area contributed by atoms with Gasteiger partial charge in [0.2, 0.25) is 0 Å². The summed E-state index contributed by atoms with van der Waals surface area (Å²) in [6, 6.07) is 17.6. The van der Waals surface area contributed by atoms with Crippen molar-refractivity contribution in [1.29, 1.82) is 0 Å². The summed E-state index contributed by atoms with van der Waals surface area (Å²) in [4.78, 5) is 16.6. The molecule has 1 saturated heterocycles. The van der Waals surface area contributed by atoms with E-state index in [1.807, 2.05) is 42.5 Å². The van der Waals surface area contributed by atoms with Crippen molar-refractivity contribution in [3.63, 3.8) is 0 Å². The smallest absolute Gasteiger partial charge is 0.256 e. The second-order valence-electron chi connectivity index (χ2n) is 7.67. The largest absolute Gasteiger partial charge is 0.497 e. The summed E-state index contributed by atoms with van der Waals surface area (Å²) in [6.45, 7) is 7.37. The summed E-state index contributed by atoms with van der Waals surface area (Å²) in [6.07, 6.45) is 0. The summed E-state index contributed by atoms with van der Waals surface area (Å²) in [5, 5.41) is 4.11. The van der Waals surface area contributed by atoms with E-state index in [4.69, 9.17) is 9.47 Å². The van der Waals surface area contributed by atoms with E-state index < -0.39 is 0 Å². The first-order valence-corrected chi connectivity index (χ1v) is 11.3. The number of nitrogens with one attached hydrogen (secondary N) is 1. The maximum absolute atomic E-state index is 13.0. The minimum atomic E-state index is -0.0847. The van der Waals surface area contributed by atoms with Crippen LogP contribution in [0.15, 0.2) is 54.6 Å². The second-order valence-corrected chi connectivity index (χ2v) is 8.89. The summed E-state index contributed by atoms with van der Waals surface area (Å²) in [5.74, 6) is 0.749. The fourth-order valence-electron chi connectivity index (χ4n) is 4.01. The lowest BCUT2D eigenvalue weighted by Gasteiger charge is -2.35. The average Bonchev–Trinajstić information content (AvgIpc) is 3.09. The topological polar surface area (TPSA) is 50.8 Å². The highest BCUT2D eigenvalue weighted by molar-refractivity contribution is 7.16. The lowest BCUT2D eigenvalue weighted by atomic mass is 9.94. The molecule has 0 spiro atoms. The zero-order valence-electron chi connectivity index (χ0n) is 18.2. The number of methoxy groups -OCH3 is 1. The van der Waals surface area contributed by atoms with Gasteiger partial charge in [0.1, 0.15) is 10.8 Å². The molecule has 1 N–H and O–H groups in total. The maximum atomic E-state index is 13.0. The molecule has 0 bridgehead atoms. The van der Waals surface area contributed by atoms with Crippen LogP contribution in [0.25, 0.3) is 0 Å². The van der Waals surface area contributed by atoms with Gasteiger partial charge in [0.25, 0.3) is 5.91 Å². The molecule has 0 radical (unpaired) electrons. The van der Waals surface area contributed by atoms with E-state index in [9.17, 15) is 4.79 Å². The Morgan fingerprint density at radius 2 is 1.74 bits per heavy atom. The molecule has 1 aliphatic rings. The number of carbonyl (C=O) groups excluding carboxylic acids is 1. The standard InChI is InChI=1S/C25H28N2O3S/c1-17-18(2)31-25(26-24(28)20-7-5-4-6-8-20)22(17)23(27-13-15-30-16-14-27)19-9-11-21(29-3)12-10-19/h4-12,23H,13-16H2,1-3H3,(H,26,28)/t23-/m1/s1. The van der Waals surface area contributed by atoms with Crippen LogP contribution in [0.2, 0.25) is 0 Å². The molecule has 162 valence electrons. The van der Waals surface area contributed by atoms with Gasteiger partial charge in [-0.2, -0.15) is 0 Å². The van der Waals surface area contributed by atoms with Gasteiger partial charge in [-0.15, -0.1) is 11.3 Å². The Bertz CT molecular complexity index is 1020. The highest BCUT2D eigenvalue weighted by atomic mass is 32.1. The predicted molar refractivity (Wildman–Crippen MR) is 125 cm³/mol. The molecule has 2 aromatic carbocycles.